The van der Waals surface area contributed by atoms with Crippen LogP contribution in [-0.2, 0) is 20.6 Å². The minimum atomic E-state index is -0.381. The Morgan fingerprint density at radius 2 is 1.84 bits per heavy atom. The lowest BCUT2D eigenvalue weighted by Crippen LogP contribution is -2.51. The van der Waals surface area contributed by atoms with Gasteiger partial charge in [-0.2, -0.15) is 4.98 Å². The molecule has 1 fully saturated rings. The van der Waals surface area contributed by atoms with Gasteiger partial charge in [-0.3, -0.25) is 18.5 Å². The van der Waals surface area contributed by atoms with Gasteiger partial charge in [0.05, 0.1) is 6.54 Å². The van der Waals surface area contributed by atoms with Crippen molar-refractivity contribution in [2.24, 2.45) is 14.1 Å². The van der Waals surface area contributed by atoms with Crippen LogP contribution in [0.1, 0.15) is 11.1 Å². The highest BCUT2D eigenvalue weighted by Gasteiger charge is 2.26. The molecule has 1 saturated heterocycles. The topological polar surface area (TPSA) is 80.3 Å². The molecule has 164 valence electrons. The number of hydrogen-bond donors (Lipinski definition) is 1. The van der Waals surface area contributed by atoms with Crippen molar-refractivity contribution in [2.75, 3.05) is 38.1 Å². The van der Waals surface area contributed by atoms with E-state index in [-0.39, 0.29) is 11.2 Å². The average Bonchev–Trinajstić information content (AvgIpc) is 3.15. The molecule has 31 heavy (non-hydrogen) atoms. The number of rotatable bonds is 3. The average molecular weight is 442 g/mol. The Morgan fingerprint density at radius 3 is 2.48 bits per heavy atom. The predicted molar refractivity (Wildman–Crippen MR) is 126 cm³/mol. The van der Waals surface area contributed by atoms with E-state index in [0.29, 0.717) is 36.7 Å². The number of fused-ring (bicyclic) bond motifs is 1. The molecule has 1 aromatic carbocycles. The molecule has 0 unspecified atom stereocenters. The molecule has 0 spiro atoms. The number of anilines is 1. The molecule has 0 amide bonds. The van der Waals surface area contributed by atoms with Crippen molar-refractivity contribution in [3.8, 4) is 0 Å². The van der Waals surface area contributed by atoms with Crippen molar-refractivity contribution >= 4 is 34.4 Å². The molecule has 0 radical (unpaired) electrons. The SMILES string of the molecule is CNC(=S)N1CCN(c2nc3c(c(=O)n(C)c(=O)n3C)n2Cc2cccc(C)c2)CC1. The number of aromatic nitrogens is 4. The van der Waals surface area contributed by atoms with Gasteiger partial charge in [-0.25, -0.2) is 4.79 Å². The third kappa shape index (κ3) is 3.71. The van der Waals surface area contributed by atoms with Crippen molar-refractivity contribution in [1.29, 1.82) is 0 Å². The van der Waals surface area contributed by atoms with Gasteiger partial charge in [0.2, 0.25) is 5.95 Å². The van der Waals surface area contributed by atoms with E-state index in [9.17, 15) is 9.59 Å². The number of piperazine rings is 1. The van der Waals surface area contributed by atoms with Crippen molar-refractivity contribution in [3.05, 3.63) is 56.2 Å². The summed E-state index contributed by atoms with van der Waals surface area (Å²) in [7, 11) is 4.98. The first-order chi connectivity index (χ1) is 14.8. The lowest BCUT2D eigenvalue weighted by Gasteiger charge is -2.36. The smallest absolute Gasteiger partial charge is 0.332 e. The van der Waals surface area contributed by atoms with Gasteiger partial charge in [0, 0.05) is 47.3 Å². The number of nitrogens with zero attached hydrogens (tertiary/aromatic N) is 6. The first-order valence-electron chi connectivity index (χ1n) is 10.2. The number of nitrogens with one attached hydrogen (secondary N) is 1. The summed E-state index contributed by atoms with van der Waals surface area (Å²) in [5, 5.41) is 3.75. The van der Waals surface area contributed by atoms with Gasteiger partial charge in [-0.15, -0.1) is 0 Å². The number of benzene rings is 1. The van der Waals surface area contributed by atoms with Gasteiger partial charge < -0.3 is 15.1 Å². The fourth-order valence-electron chi connectivity index (χ4n) is 4.09. The normalized spacial score (nSPS) is 14.3. The van der Waals surface area contributed by atoms with E-state index in [1.54, 1.807) is 7.05 Å². The summed E-state index contributed by atoms with van der Waals surface area (Å²) < 4.78 is 4.53. The first kappa shape index (κ1) is 21.1. The maximum absolute atomic E-state index is 13.1. The second-order valence-corrected chi connectivity index (χ2v) is 8.28. The Hall–Kier alpha value is -3.14. The lowest BCUT2D eigenvalue weighted by molar-refractivity contribution is 0.378. The number of imidazole rings is 1. The highest BCUT2D eigenvalue weighted by atomic mass is 32.1. The van der Waals surface area contributed by atoms with E-state index in [1.807, 2.05) is 36.7 Å². The Balaban J connectivity index is 1.84. The summed E-state index contributed by atoms with van der Waals surface area (Å²) in [5.41, 5.74) is 2.36. The minimum Gasteiger partial charge on any atom is -0.366 e. The summed E-state index contributed by atoms with van der Waals surface area (Å²) in [6, 6.07) is 8.20. The molecule has 0 aliphatic carbocycles. The molecule has 10 heteroatoms. The number of thiocarbonyl (C=S) groups is 1. The molecule has 0 saturated carbocycles. The van der Waals surface area contributed by atoms with E-state index >= 15 is 0 Å². The standard InChI is InChI=1S/C21H27N7O2S/c1-14-6-5-7-15(12-14)13-28-16-17(24(3)21(30)25(4)18(16)29)23-19(28)26-8-10-27(11-9-26)20(31)22-2/h5-7,12H,8-11,13H2,1-4H3,(H,22,31). The molecule has 1 aliphatic rings. The molecule has 4 rings (SSSR count). The van der Waals surface area contributed by atoms with Crippen LogP contribution in [0.15, 0.2) is 33.9 Å². The molecule has 9 nitrogen and oxygen atoms in total. The largest absolute Gasteiger partial charge is 0.366 e. The second-order valence-electron chi connectivity index (χ2n) is 7.89. The van der Waals surface area contributed by atoms with Crippen molar-refractivity contribution < 1.29 is 0 Å². The highest BCUT2D eigenvalue weighted by Crippen LogP contribution is 2.23. The molecule has 1 N–H and O–H groups in total. The van der Waals surface area contributed by atoms with Crippen LogP contribution in [-0.4, -0.2) is 61.9 Å². The second kappa shape index (κ2) is 8.18. The van der Waals surface area contributed by atoms with Crippen molar-refractivity contribution in [2.45, 2.75) is 13.5 Å². The van der Waals surface area contributed by atoms with Gasteiger partial charge in [-0.05, 0) is 24.7 Å². The fraction of sp³-hybridized carbons (Fsp3) is 0.429. The van der Waals surface area contributed by atoms with Gasteiger partial charge in [0.15, 0.2) is 16.3 Å². The molecular weight excluding hydrogens is 414 g/mol. The third-order valence-corrected chi connectivity index (χ3v) is 6.28. The zero-order valence-corrected chi connectivity index (χ0v) is 19.1. The molecule has 2 aromatic heterocycles. The molecule has 3 aromatic rings. The maximum Gasteiger partial charge on any atom is 0.332 e. The van der Waals surface area contributed by atoms with Crippen LogP contribution in [0.25, 0.3) is 11.2 Å². The number of aryl methyl sites for hydroxylation is 2. The van der Waals surface area contributed by atoms with Crippen LogP contribution >= 0.6 is 12.2 Å². The zero-order valence-electron chi connectivity index (χ0n) is 18.3. The van der Waals surface area contributed by atoms with Crippen LogP contribution < -0.4 is 21.5 Å². The number of hydrogen-bond acceptors (Lipinski definition) is 5. The summed E-state index contributed by atoms with van der Waals surface area (Å²) in [5.74, 6) is 0.699. The zero-order chi connectivity index (χ0) is 22.3. The van der Waals surface area contributed by atoms with Crippen LogP contribution in [0.3, 0.4) is 0 Å². The Morgan fingerprint density at radius 1 is 1.13 bits per heavy atom. The summed E-state index contributed by atoms with van der Waals surface area (Å²) in [6.45, 7) is 5.48. The molecular formula is C21H27N7O2S. The minimum absolute atomic E-state index is 0.334. The summed E-state index contributed by atoms with van der Waals surface area (Å²) in [4.78, 5) is 34.6. The maximum atomic E-state index is 13.1. The van der Waals surface area contributed by atoms with Gasteiger partial charge in [0.25, 0.3) is 5.56 Å². The van der Waals surface area contributed by atoms with Crippen LogP contribution in [0.5, 0.6) is 0 Å². The summed E-state index contributed by atoms with van der Waals surface area (Å²) >= 11 is 5.36. The Bertz CT molecular complexity index is 1270. The lowest BCUT2D eigenvalue weighted by atomic mass is 10.1. The monoisotopic (exact) mass is 441 g/mol. The quantitative estimate of drug-likeness (QED) is 0.590. The van der Waals surface area contributed by atoms with Gasteiger partial charge >= 0.3 is 5.69 Å². The third-order valence-electron chi connectivity index (χ3n) is 5.81. The molecule has 3 heterocycles. The van der Waals surface area contributed by atoms with Gasteiger partial charge in [0.1, 0.15) is 0 Å². The van der Waals surface area contributed by atoms with E-state index in [0.717, 1.165) is 33.9 Å². The van der Waals surface area contributed by atoms with Crippen molar-refractivity contribution in [3.63, 3.8) is 0 Å². The van der Waals surface area contributed by atoms with Crippen molar-refractivity contribution in [1.82, 2.24) is 28.9 Å². The van der Waals surface area contributed by atoms with Crippen LogP contribution in [0.2, 0.25) is 0 Å². The van der Waals surface area contributed by atoms with E-state index in [4.69, 9.17) is 17.2 Å². The van der Waals surface area contributed by atoms with E-state index < -0.39 is 0 Å². The molecule has 0 atom stereocenters. The van der Waals surface area contributed by atoms with E-state index in [2.05, 4.69) is 21.2 Å². The molecule has 0 bridgehead atoms. The highest BCUT2D eigenvalue weighted by molar-refractivity contribution is 7.80. The summed E-state index contributed by atoms with van der Waals surface area (Å²) in [6.07, 6.45) is 0. The van der Waals surface area contributed by atoms with Crippen LogP contribution in [0.4, 0.5) is 5.95 Å². The fourth-order valence-corrected chi connectivity index (χ4v) is 4.27. The van der Waals surface area contributed by atoms with E-state index in [1.165, 1.54) is 11.6 Å². The molecule has 1 aliphatic heterocycles. The Kier molecular flexibility index (Phi) is 5.57. The van der Waals surface area contributed by atoms with Gasteiger partial charge in [-0.1, -0.05) is 29.8 Å². The Labute approximate surface area is 185 Å². The predicted octanol–water partition coefficient (Wildman–Crippen LogP) is 0.417. The van der Waals surface area contributed by atoms with Crippen LogP contribution in [0, 0.1) is 6.92 Å². The first-order valence-corrected chi connectivity index (χ1v) is 10.7.